The van der Waals surface area contributed by atoms with E-state index < -0.39 is 12.1 Å². The molecule has 0 N–H and O–H groups in total. The van der Waals surface area contributed by atoms with Gasteiger partial charge in [-0.25, -0.2) is 9.18 Å². The summed E-state index contributed by atoms with van der Waals surface area (Å²) in [6.07, 6.45) is -1.79. The molecule has 0 aromatic heterocycles. The third-order valence-corrected chi connectivity index (χ3v) is 2.89. The Balaban J connectivity index is 2.02. The van der Waals surface area contributed by atoms with Crippen molar-refractivity contribution in [3.05, 3.63) is 65.7 Å². The van der Waals surface area contributed by atoms with E-state index >= 15 is 0 Å². The lowest BCUT2D eigenvalue weighted by molar-refractivity contribution is -0.149. The van der Waals surface area contributed by atoms with Crippen molar-refractivity contribution < 1.29 is 18.7 Å². The molecule has 0 fully saturated rings. The maximum atomic E-state index is 13.9. The van der Waals surface area contributed by atoms with E-state index in [1.807, 2.05) is 30.3 Å². The molecule has 3 nitrogen and oxygen atoms in total. The fourth-order valence-corrected chi connectivity index (χ4v) is 1.85. The second kappa shape index (κ2) is 7.43. The zero-order valence-corrected chi connectivity index (χ0v) is 11.8. The maximum Gasteiger partial charge on any atom is 0.345 e. The van der Waals surface area contributed by atoms with Gasteiger partial charge >= 0.3 is 5.97 Å². The minimum atomic E-state index is -1.79. The van der Waals surface area contributed by atoms with Gasteiger partial charge < -0.3 is 9.47 Å². The van der Waals surface area contributed by atoms with E-state index in [1.165, 1.54) is 12.1 Å². The monoisotopic (exact) mass is 288 g/mol. The SMILES string of the molecule is CCOC(=O)C(F)c1cccc(OCc2ccccc2)c1. The number of esters is 1. The topological polar surface area (TPSA) is 35.5 Å². The minimum Gasteiger partial charge on any atom is -0.489 e. The van der Waals surface area contributed by atoms with Crippen LogP contribution < -0.4 is 4.74 Å². The standard InChI is InChI=1S/C17H17FO3/c1-2-20-17(19)16(18)14-9-6-10-15(11-14)21-12-13-7-4-3-5-8-13/h3-11,16H,2,12H2,1H3. The van der Waals surface area contributed by atoms with Crippen molar-refractivity contribution in [3.63, 3.8) is 0 Å². The van der Waals surface area contributed by atoms with Crippen LogP contribution in [-0.4, -0.2) is 12.6 Å². The lowest BCUT2D eigenvalue weighted by Crippen LogP contribution is -2.11. The van der Waals surface area contributed by atoms with Gasteiger partial charge in [0.2, 0.25) is 6.17 Å². The number of halogens is 1. The first-order valence-corrected chi connectivity index (χ1v) is 6.78. The number of hydrogen-bond donors (Lipinski definition) is 0. The summed E-state index contributed by atoms with van der Waals surface area (Å²) in [6.45, 7) is 2.19. The van der Waals surface area contributed by atoms with Crippen molar-refractivity contribution in [1.82, 2.24) is 0 Å². The maximum absolute atomic E-state index is 13.9. The minimum absolute atomic E-state index is 0.156. The van der Waals surface area contributed by atoms with Gasteiger partial charge in [0.1, 0.15) is 12.4 Å². The van der Waals surface area contributed by atoms with Crippen LogP contribution in [0.3, 0.4) is 0 Å². The number of hydrogen-bond acceptors (Lipinski definition) is 3. The van der Waals surface area contributed by atoms with Crippen LogP contribution in [0.4, 0.5) is 4.39 Å². The van der Waals surface area contributed by atoms with Gasteiger partial charge in [-0.05, 0) is 24.6 Å². The van der Waals surface area contributed by atoms with Crippen molar-refractivity contribution in [2.75, 3.05) is 6.61 Å². The van der Waals surface area contributed by atoms with Gasteiger partial charge in [0.05, 0.1) is 6.61 Å². The lowest BCUT2D eigenvalue weighted by Gasteiger charge is -2.10. The van der Waals surface area contributed by atoms with Gasteiger partial charge in [-0.2, -0.15) is 0 Å². The predicted octanol–water partition coefficient (Wildman–Crippen LogP) is 3.84. The third kappa shape index (κ3) is 4.31. The van der Waals surface area contributed by atoms with Crippen LogP contribution in [0.25, 0.3) is 0 Å². The second-order valence-electron chi connectivity index (χ2n) is 4.46. The molecule has 0 radical (unpaired) electrons. The zero-order chi connectivity index (χ0) is 15.1. The highest BCUT2D eigenvalue weighted by atomic mass is 19.1. The summed E-state index contributed by atoms with van der Waals surface area (Å²) in [4.78, 5) is 11.4. The van der Waals surface area contributed by atoms with Crippen molar-refractivity contribution >= 4 is 5.97 Å². The first-order valence-electron chi connectivity index (χ1n) is 6.78. The average Bonchev–Trinajstić information content (AvgIpc) is 2.54. The van der Waals surface area contributed by atoms with E-state index in [9.17, 15) is 9.18 Å². The van der Waals surface area contributed by atoms with Gasteiger partial charge in [0.15, 0.2) is 0 Å². The molecular formula is C17H17FO3. The van der Waals surface area contributed by atoms with Crippen molar-refractivity contribution in [2.45, 2.75) is 19.7 Å². The van der Waals surface area contributed by atoms with Crippen LogP contribution in [0.15, 0.2) is 54.6 Å². The van der Waals surface area contributed by atoms with E-state index in [0.717, 1.165) is 5.56 Å². The van der Waals surface area contributed by atoms with Crippen molar-refractivity contribution in [2.24, 2.45) is 0 Å². The van der Waals surface area contributed by atoms with Crippen LogP contribution in [0.1, 0.15) is 24.2 Å². The summed E-state index contributed by atoms with van der Waals surface area (Å²) in [6, 6.07) is 16.1. The van der Waals surface area contributed by atoms with Crippen molar-refractivity contribution in [1.29, 1.82) is 0 Å². The van der Waals surface area contributed by atoms with Gasteiger partial charge in [-0.1, -0.05) is 42.5 Å². The van der Waals surface area contributed by atoms with Gasteiger partial charge in [-0.15, -0.1) is 0 Å². The molecule has 0 aliphatic heterocycles. The predicted molar refractivity (Wildman–Crippen MR) is 77.7 cm³/mol. The van der Waals surface area contributed by atoms with E-state index in [1.54, 1.807) is 19.1 Å². The van der Waals surface area contributed by atoms with Crippen LogP contribution >= 0.6 is 0 Å². The second-order valence-corrected chi connectivity index (χ2v) is 4.46. The van der Waals surface area contributed by atoms with E-state index in [0.29, 0.717) is 12.4 Å². The summed E-state index contributed by atoms with van der Waals surface area (Å²) >= 11 is 0. The van der Waals surface area contributed by atoms with Crippen LogP contribution in [0.5, 0.6) is 5.75 Å². The van der Waals surface area contributed by atoms with Gasteiger partial charge in [0, 0.05) is 5.56 Å². The fraction of sp³-hybridized carbons (Fsp3) is 0.235. The number of carbonyl (C=O) groups excluding carboxylic acids is 1. The molecule has 110 valence electrons. The highest BCUT2D eigenvalue weighted by Gasteiger charge is 2.21. The molecule has 0 heterocycles. The molecule has 0 aliphatic carbocycles. The Kier molecular flexibility index (Phi) is 5.32. The highest BCUT2D eigenvalue weighted by molar-refractivity contribution is 5.76. The normalized spacial score (nSPS) is 11.7. The van der Waals surface area contributed by atoms with Crippen molar-refractivity contribution in [3.8, 4) is 5.75 Å². The molecule has 2 aromatic rings. The summed E-state index contributed by atoms with van der Waals surface area (Å²) in [5.41, 5.74) is 1.25. The summed E-state index contributed by atoms with van der Waals surface area (Å²) < 4.78 is 24.2. The fourth-order valence-electron chi connectivity index (χ4n) is 1.85. The Morgan fingerprint density at radius 2 is 1.90 bits per heavy atom. The smallest absolute Gasteiger partial charge is 0.345 e. The molecule has 21 heavy (non-hydrogen) atoms. The third-order valence-electron chi connectivity index (χ3n) is 2.89. The highest BCUT2D eigenvalue weighted by Crippen LogP contribution is 2.24. The molecule has 0 bridgehead atoms. The molecule has 2 rings (SSSR count). The Morgan fingerprint density at radius 3 is 2.62 bits per heavy atom. The molecule has 2 aromatic carbocycles. The molecular weight excluding hydrogens is 271 g/mol. The number of benzene rings is 2. The Bertz CT molecular complexity index is 584. The Morgan fingerprint density at radius 1 is 1.14 bits per heavy atom. The summed E-state index contributed by atoms with van der Waals surface area (Å²) in [5, 5.41) is 0. The summed E-state index contributed by atoms with van der Waals surface area (Å²) in [5.74, 6) is -0.360. The quantitative estimate of drug-likeness (QED) is 0.758. The largest absolute Gasteiger partial charge is 0.489 e. The van der Waals surface area contributed by atoms with E-state index in [2.05, 4.69) is 4.74 Å². The number of alkyl halides is 1. The lowest BCUT2D eigenvalue weighted by atomic mass is 10.1. The Labute approximate surface area is 123 Å². The Hall–Kier alpha value is -2.36. The summed E-state index contributed by atoms with van der Waals surface area (Å²) in [7, 11) is 0. The molecule has 4 heteroatoms. The van der Waals surface area contributed by atoms with Crippen LogP contribution in [-0.2, 0) is 16.1 Å². The van der Waals surface area contributed by atoms with Crippen LogP contribution in [0, 0.1) is 0 Å². The molecule has 0 spiro atoms. The first-order chi connectivity index (χ1) is 10.2. The molecule has 0 saturated carbocycles. The average molecular weight is 288 g/mol. The number of ether oxygens (including phenoxy) is 2. The first kappa shape index (κ1) is 15.0. The van der Waals surface area contributed by atoms with E-state index in [4.69, 9.17) is 4.74 Å². The number of carbonyl (C=O) groups is 1. The van der Waals surface area contributed by atoms with Gasteiger partial charge in [0.25, 0.3) is 0 Å². The molecule has 0 saturated heterocycles. The molecule has 0 amide bonds. The van der Waals surface area contributed by atoms with Gasteiger partial charge in [-0.3, -0.25) is 0 Å². The molecule has 1 atom stereocenters. The van der Waals surface area contributed by atoms with Crippen LogP contribution in [0.2, 0.25) is 0 Å². The molecule has 0 aliphatic rings. The zero-order valence-electron chi connectivity index (χ0n) is 11.8. The molecule has 1 unspecified atom stereocenters. The number of rotatable bonds is 6. The van der Waals surface area contributed by atoms with E-state index in [-0.39, 0.29) is 12.2 Å².